The predicted molar refractivity (Wildman–Crippen MR) is 162 cm³/mol. The lowest BCUT2D eigenvalue weighted by Gasteiger charge is -2.10. The molecule has 0 N–H and O–H groups in total. The van der Waals surface area contributed by atoms with Crippen LogP contribution in [0.2, 0.25) is 0 Å². The van der Waals surface area contributed by atoms with E-state index in [0.717, 1.165) is 38.3 Å². The molecule has 200 valence electrons. The molecule has 6 heteroatoms. The van der Waals surface area contributed by atoms with Crippen LogP contribution in [0.1, 0.15) is 46.5 Å². The summed E-state index contributed by atoms with van der Waals surface area (Å²) in [5.41, 5.74) is 4.69. The lowest BCUT2D eigenvalue weighted by molar-refractivity contribution is -0.140. The molecule has 0 unspecified atom stereocenters. The zero-order valence-electron chi connectivity index (χ0n) is 22.6. The first-order valence-corrected chi connectivity index (χ1v) is 13.4. The summed E-state index contributed by atoms with van der Waals surface area (Å²) in [6.45, 7) is 3.03. The summed E-state index contributed by atoms with van der Waals surface area (Å²) in [6, 6.07) is 34.9. The number of fused-ring (bicyclic) bond motifs is 4. The minimum absolute atomic E-state index is 0.0326. The minimum Gasteiger partial charge on any atom is -0.318 e. The van der Waals surface area contributed by atoms with Gasteiger partial charge in [0.1, 0.15) is 5.71 Å². The third-order valence-corrected chi connectivity index (χ3v) is 7.22. The van der Waals surface area contributed by atoms with Crippen molar-refractivity contribution in [3.63, 3.8) is 0 Å². The van der Waals surface area contributed by atoms with Crippen LogP contribution in [-0.4, -0.2) is 27.8 Å². The van der Waals surface area contributed by atoms with Gasteiger partial charge in [0.05, 0.1) is 11.0 Å². The van der Waals surface area contributed by atoms with Gasteiger partial charge in [0.2, 0.25) is 5.78 Å². The highest BCUT2D eigenvalue weighted by Gasteiger charge is 2.18. The van der Waals surface area contributed by atoms with Crippen LogP contribution < -0.4 is 0 Å². The lowest BCUT2D eigenvalue weighted by Crippen LogP contribution is -2.14. The molecule has 5 aromatic carbocycles. The Hall–Kier alpha value is -5.36. The number of rotatable bonds is 7. The van der Waals surface area contributed by atoms with Gasteiger partial charge in [-0.25, -0.2) is 4.79 Å². The zero-order valence-corrected chi connectivity index (χ0v) is 22.6. The molecule has 6 rings (SSSR count). The molecule has 1 heterocycles. The fraction of sp³-hybridized carbons (Fsp3) is 0.0857. The van der Waals surface area contributed by atoms with Gasteiger partial charge in [-0.15, -0.1) is 0 Å². The third-order valence-electron chi connectivity index (χ3n) is 7.22. The summed E-state index contributed by atoms with van der Waals surface area (Å²) in [4.78, 5) is 42.4. The number of nitrogens with zero attached hydrogens (tertiary/aromatic N) is 2. The highest BCUT2D eigenvalue weighted by Crippen LogP contribution is 2.33. The largest absolute Gasteiger partial charge is 0.331 e. The summed E-state index contributed by atoms with van der Waals surface area (Å²) in [5.74, 6) is -0.897. The van der Waals surface area contributed by atoms with Gasteiger partial charge in [-0.1, -0.05) is 66.7 Å². The second-order valence-electron chi connectivity index (χ2n) is 9.83. The Bertz CT molecular complexity index is 2020. The minimum atomic E-state index is -0.577. The van der Waals surface area contributed by atoms with E-state index in [0.29, 0.717) is 23.1 Å². The molecule has 1 aromatic heterocycles. The number of hydrogen-bond acceptors (Lipinski definition) is 5. The highest BCUT2D eigenvalue weighted by atomic mass is 16.7. The van der Waals surface area contributed by atoms with Crippen molar-refractivity contribution in [2.24, 2.45) is 5.16 Å². The molecule has 0 aliphatic heterocycles. The van der Waals surface area contributed by atoms with E-state index in [1.807, 2.05) is 103 Å². The van der Waals surface area contributed by atoms with Crippen LogP contribution in [0.5, 0.6) is 0 Å². The van der Waals surface area contributed by atoms with Gasteiger partial charge in [-0.2, -0.15) is 0 Å². The molecule has 6 aromatic rings. The van der Waals surface area contributed by atoms with E-state index in [-0.39, 0.29) is 17.3 Å². The molecule has 0 spiro atoms. The Kier molecular flexibility index (Phi) is 6.73. The molecule has 41 heavy (non-hydrogen) atoms. The smallest absolute Gasteiger partial charge is 0.318 e. The molecule has 6 nitrogen and oxygen atoms in total. The maximum absolute atomic E-state index is 13.3. The Morgan fingerprint density at radius 3 is 2.10 bits per heavy atom. The molecular weight excluding hydrogens is 512 g/mol. The fourth-order valence-corrected chi connectivity index (χ4v) is 5.20. The molecule has 0 atom stereocenters. The molecule has 0 fully saturated rings. The summed E-state index contributed by atoms with van der Waals surface area (Å²) in [6.07, 6.45) is 0.330. The average Bonchev–Trinajstić information content (AvgIpc) is 3.34. The van der Waals surface area contributed by atoms with Crippen LogP contribution in [0.4, 0.5) is 0 Å². The molecule has 0 saturated heterocycles. The number of aromatic nitrogens is 1. The van der Waals surface area contributed by atoms with Crippen molar-refractivity contribution in [2.45, 2.75) is 20.3 Å². The maximum Gasteiger partial charge on any atom is 0.331 e. The molecule has 0 saturated carbocycles. The summed E-state index contributed by atoms with van der Waals surface area (Å²) in [5, 5.41) is 7.78. The van der Waals surface area contributed by atoms with Crippen LogP contribution >= 0.6 is 0 Å². The molecule has 0 aliphatic carbocycles. The van der Waals surface area contributed by atoms with E-state index in [2.05, 4.69) is 9.72 Å². The van der Waals surface area contributed by atoms with Gasteiger partial charge < -0.3 is 9.40 Å². The van der Waals surface area contributed by atoms with Crippen LogP contribution in [0.15, 0.2) is 114 Å². The van der Waals surface area contributed by atoms with Crippen LogP contribution in [0.3, 0.4) is 0 Å². The van der Waals surface area contributed by atoms with Gasteiger partial charge >= 0.3 is 5.97 Å². The number of Topliss-reactive ketones (excluding diaryl/α,β-unsaturated/α-hetero) is 1. The normalized spacial score (nSPS) is 11.7. The van der Waals surface area contributed by atoms with E-state index in [1.54, 1.807) is 13.0 Å². The Labute approximate surface area is 236 Å². The quantitative estimate of drug-likeness (QED) is 0.0904. The Morgan fingerprint density at radius 2 is 1.34 bits per heavy atom. The number of carbonyl (C=O) groups excluding carboxylic acids is 3. The van der Waals surface area contributed by atoms with E-state index in [1.165, 1.54) is 6.92 Å². The first kappa shape index (κ1) is 25.9. The van der Waals surface area contributed by atoms with Gasteiger partial charge in [-0.3, -0.25) is 9.59 Å². The Morgan fingerprint density at radius 1 is 0.683 bits per heavy atom. The second kappa shape index (κ2) is 10.7. The molecular formula is C35H26N2O4. The van der Waals surface area contributed by atoms with Crippen molar-refractivity contribution >= 4 is 55.8 Å². The standard InChI is InChI=1S/C35H26N2O4/c1-3-31(36-41-22(2)38)35(40)27-16-19-33-30(21-27)29-10-6-7-11-32(29)37(33)28-17-14-24(15-18-28)34(39)26-13-12-23-8-4-5-9-25(23)20-26/h4-21H,3H2,1-2H3. The SMILES string of the molecule is CCC(=NOC(C)=O)C(=O)c1ccc2c(c1)c1ccccc1n2-c1ccc(C(=O)c2ccc3ccccc3c2)cc1. The van der Waals surface area contributed by atoms with Gasteiger partial charge in [0.25, 0.3) is 0 Å². The van der Waals surface area contributed by atoms with Crippen molar-refractivity contribution in [2.75, 3.05) is 0 Å². The number of oxime groups is 1. The van der Waals surface area contributed by atoms with Crippen molar-refractivity contribution in [1.29, 1.82) is 0 Å². The highest BCUT2D eigenvalue weighted by molar-refractivity contribution is 6.46. The van der Waals surface area contributed by atoms with Crippen LogP contribution in [-0.2, 0) is 9.63 Å². The van der Waals surface area contributed by atoms with E-state index >= 15 is 0 Å². The van der Waals surface area contributed by atoms with Gasteiger partial charge in [0.15, 0.2) is 5.78 Å². The second-order valence-corrected chi connectivity index (χ2v) is 9.83. The van der Waals surface area contributed by atoms with Crippen LogP contribution in [0, 0.1) is 0 Å². The summed E-state index contributed by atoms with van der Waals surface area (Å²) in [7, 11) is 0. The van der Waals surface area contributed by atoms with Crippen molar-refractivity contribution in [3.8, 4) is 5.69 Å². The molecule has 0 aliphatic rings. The van der Waals surface area contributed by atoms with Gasteiger partial charge in [-0.05, 0) is 71.8 Å². The monoisotopic (exact) mass is 538 g/mol. The fourth-order valence-electron chi connectivity index (χ4n) is 5.20. The summed E-state index contributed by atoms with van der Waals surface area (Å²) < 4.78 is 2.12. The molecule has 0 bridgehead atoms. The number of para-hydroxylation sites is 1. The van der Waals surface area contributed by atoms with Crippen molar-refractivity contribution in [3.05, 3.63) is 126 Å². The zero-order chi connectivity index (χ0) is 28.5. The first-order valence-electron chi connectivity index (χ1n) is 13.4. The number of hydrogen-bond donors (Lipinski definition) is 0. The Balaban J connectivity index is 1.38. The van der Waals surface area contributed by atoms with E-state index in [9.17, 15) is 14.4 Å². The predicted octanol–water partition coefficient (Wildman–Crippen LogP) is 7.68. The third kappa shape index (κ3) is 4.80. The van der Waals surface area contributed by atoms with Gasteiger partial charge in [0, 0.05) is 40.1 Å². The number of ketones is 2. The van der Waals surface area contributed by atoms with E-state index < -0.39 is 5.97 Å². The first-order chi connectivity index (χ1) is 19.9. The van der Waals surface area contributed by atoms with Crippen molar-refractivity contribution < 1.29 is 19.2 Å². The summed E-state index contributed by atoms with van der Waals surface area (Å²) >= 11 is 0. The topological polar surface area (TPSA) is 77.7 Å². The maximum atomic E-state index is 13.3. The lowest BCUT2D eigenvalue weighted by atomic mass is 10.00. The van der Waals surface area contributed by atoms with Crippen LogP contribution in [0.25, 0.3) is 38.3 Å². The van der Waals surface area contributed by atoms with Crippen molar-refractivity contribution in [1.82, 2.24) is 4.57 Å². The molecule has 0 radical (unpaired) electrons. The molecule has 0 amide bonds. The number of carbonyl (C=O) groups is 3. The number of benzene rings is 5. The average molecular weight is 539 g/mol. The van der Waals surface area contributed by atoms with E-state index in [4.69, 9.17) is 4.84 Å².